The maximum Gasteiger partial charge on any atom is 0.134 e. The molecule has 0 radical (unpaired) electrons. The zero-order valence-electron chi connectivity index (χ0n) is 15.7. The Morgan fingerprint density at radius 2 is 1.44 bits per heavy atom. The summed E-state index contributed by atoms with van der Waals surface area (Å²) in [5, 5.41) is 10.8. The van der Waals surface area contributed by atoms with Crippen LogP contribution in [0.3, 0.4) is 0 Å². The summed E-state index contributed by atoms with van der Waals surface area (Å²) in [6.45, 7) is 2.54. The van der Waals surface area contributed by atoms with Crippen molar-refractivity contribution < 1.29 is 5.11 Å². The molecule has 0 aliphatic rings. The highest BCUT2D eigenvalue weighted by Crippen LogP contribution is 2.24. The fourth-order valence-corrected chi connectivity index (χ4v) is 5.64. The predicted molar refractivity (Wildman–Crippen MR) is 116 cm³/mol. The summed E-state index contributed by atoms with van der Waals surface area (Å²) < 4.78 is 0. The summed E-state index contributed by atoms with van der Waals surface area (Å²) >= 11 is 12.3. The molecule has 4 heteroatoms. The van der Waals surface area contributed by atoms with Crippen LogP contribution in [-0.2, 0) is 16.6 Å². The van der Waals surface area contributed by atoms with Crippen molar-refractivity contribution in [1.29, 1.82) is 0 Å². The van der Waals surface area contributed by atoms with E-state index in [1.165, 1.54) is 70.0 Å². The molecule has 0 saturated carbocycles. The molecule has 0 spiro atoms. The molecule has 1 aromatic carbocycles. The van der Waals surface area contributed by atoms with Crippen LogP contribution in [0.25, 0.3) is 0 Å². The first kappa shape index (κ1) is 23.1. The molecule has 0 bridgehead atoms. The standard InChI is InChI=1S/C21H35Cl2OS/c1-2-3-4-5-6-7-8-9-10-11-15-25(16-14-24)18-19-12-13-20(22)17-21(19)23/h12-13,17,24H,2-11,14-16,18H2,1H3/q+1. The molecule has 1 atom stereocenters. The molecule has 1 unspecified atom stereocenters. The van der Waals surface area contributed by atoms with Gasteiger partial charge in [-0.1, -0.05) is 87.6 Å². The van der Waals surface area contributed by atoms with Gasteiger partial charge >= 0.3 is 0 Å². The van der Waals surface area contributed by atoms with Gasteiger partial charge in [-0.15, -0.1) is 0 Å². The minimum atomic E-state index is 0.217. The molecule has 0 amide bonds. The summed E-state index contributed by atoms with van der Waals surface area (Å²) in [4.78, 5) is 0. The van der Waals surface area contributed by atoms with E-state index in [0.717, 1.165) is 22.1 Å². The fourth-order valence-electron chi connectivity index (χ4n) is 3.03. The Bertz CT molecular complexity index is 454. The Balaban J connectivity index is 2.16. The molecule has 25 heavy (non-hydrogen) atoms. The number of aliphatic hydroxyl groups excluding tert-OH is 1. The summed E-state index contributed by atoms with van der Waals surface area (Å²) in [7, 11) is 0.217. The Hall–Kier alpha value is 0.110. The van der Waals surface area contributed by atoms with Gasteiger partial charge in [0.15, 0.2) is 0 Å². The van der Waals surface area contributed by atoms with Crippen LogP contribution >= 0.6 is 23.2 Å². The molecular formula is C21H35Cl2OS+. The zero-order chi connectivity index (χ0) is 18.3. The monoisotopic (exact) mass is 405 g/mol. The lowest BCUT2D eigenvalue weighted by Crippen LogP contribution is -2.17. The van der Waals surface area contributed by atoms with E-state index in [1.54, 1.807) is 0 Å². The summed E-state index contributed by atoms with van der Waals surface area (Å²) in [6, 6.07) is 5.75. The van der Waals surface area contributed by atoms with Crippen molar-refractivity contribution in [2.45, 2.75) is 76.9 Å². The maximum absolute atomic E-state index is 9.34. The van der Waals surface area contributed by atoms with Gasteiger partial charge in [0.1, 0.15) is 17.3 Å². The number of benzene rings is 1. The third-order valence-electron chi connectivity index (χ3n) is 4.54. The van der Waals surface area contributed by atoms with E-state index in [9.17, 15) is 5.11 Å². The van der Waals surface area contributed by atoms with Crippen molar-refractivity contribution in [2.75, 3.05) is 18.1 Å². The lowest BCUT2D eigenvalue weighted by Gasteiger charge is -2.10. The third kappa shape index (κ3) is 11.4. The van der Waals surface area contributed by atoms with Gasteiger partial charge in [0, 0.05) is 15.6 Å². The number of hydrogen-bond donors (Lipinski definition) is 1. The average Bonchev–Trinajstić information content (AvgIpc) is 2.59. The smallest absolute Gasteiger partial charge is 0.134 e. The molecule has 0 fully saturated rings. The van der Waals surface area contributed by atoms with Crippen LogP contribution in [0.15, 0.2) is 18.2 Å². The number of aliphatic hydroxyl groups is 1. The second kappa shape index (κ2) is 15.2. The first-order valence-electron chi connectivity index (χ1n) is 9.86. The van der Waals surface area contributed by atoms with Gasteiger partial charge in [-0.05, 0) is 35.9 Å². The Morgan fingerprint density at radius 1 is 0.840 bits per heavy atom. The molecule has 1 rings (SSSR count). The summed E-state index contributed by atoms with van der Waals surface area (Å²) in [5.74, 6) is 3.06. The summed E-state index contributed by atoms with van der Waals surface area (Å²) in [5.41, 5.74) is 1.16. The van der Waals surface area contributed by atoms with Crippen molar-refractivity contribution in [3.63, 3.8) is 0 Å². The van der Waals surface area contributed by atoms with Gasteiger partial charge < -0.3 is 5.11 Å². The zero-order valence-corrected chi connectivity index (χ0v) is 18.1. The van der Waals surface area contributed by atoms with Crippen LogP contribution in [0.1, 0.15) is 76.7 Å². The molecular weight excluding hydrogens is 371 g/mol. The molecule has 0 aromatic heterocycles. The lowest BCUT2D eigenvalue weighted by molar-refractivity contribution is 0.322. The Labute approximate surface area is 167 Å². The van der Waals surface area contributed by atoms with Crippen molar-refractivity contribution in [3.05, 3.63) is 33.8 Å². The lowest BCUT2D eigenvalue weighted by atomic mass is 10.1. The topological polar surface area (TPSA) is 20.2 Å². The number of unbranched alkanes of at least 4 members (excludes halogenated alkanes) is 9. The van der Waals surface area contributed by atoms with Crippen LogP contribution in [-0.4, -0.2) is 23.2 Å². The number of halogens is 2. The van der Waals surface area contributed by atoms with Crippen LogP contribution in [0, 0.1) is 0 Å². The first-order valence-corrected chi connectivity index (χ1v) is 12.3. The molecule has 0 saturated heterocycles. The van der Waals surface area contributed by atoms with Crippen LogP contribution in [0.5, 0.6) is 0 Å². The largest absolute Gasteiger partial charge is 0.391 e. The van der Waals surface area contributed by atoms with Crippen molar-refractivity contribution in [3.8, 4) is 0 Å². The van der Waals surface area contributed by atoms with E-state index in [4.69, 9.17) is 23.2 Å². The van der Waals surface area contributed by atoms with E-state index in [0.29, 0.717) is 5.02 Å². The molecule has 0 aliphatic heterocycles. The Morgan fingerprint density at radius 3 is 2.00 bits per heavy atom. The van der Waals surface area contributed by atoms with E-state index in [-0.39, 0.29) is 17.5 Å². The fraction of sp³-hybridized carbons (Fsp3) is 0.714. The summed E-state index contributed by atoms with van der Waals surface area (Å²) in [6.07, 6.45) is 13.7. The van der Waals surface area contributed by atoms with Gasteiger partial charge in [0.25, 0.3) is 0 Å². The average molecular weight is 406 g/mol. The number of hydrogen-bond acceptors (Lipinski definition) is 1. The van der Waals surface area contributed by atoms with Crippen LogP contribution in [0.4, 0.5) is 0 Å². The minimum Gasteiger partial charge on any atom is -0.391 e. The molecule has 0 heterocycles. The van der Waals surface area contributed by atoms with E-state index < -0.39 is 0 Å². The highest BCUT2D eigenvalue weighted by Gasteiger charge is 2.19. The minimum absolute atomic E-state index is 0.217. The normalized spacial score (nSPS) is 12.5. The number of rotatable bonds is 15. The van der Waals surface area contributed by atoms with E-state index >= 15 is 0 Å². The van der Waals surface area contributed by atoms with Crippen molar-refractivity contribution in [2.24, 2.45) is 0 Å². The van der Waals surface area contributed by atoms with Gasteiger partial charge in [-0.2, -0.15) is 0 Å². The maximum atomic E-state index is 9.34. The molecule has 1 N–H and O–H groups in total. The quantitative estimate of drug-likeness (QED) is 0.245. The highest BCUT2D eigenvalue weighted by molar-refractivity contribution is 7.96. The van der Waals surface area contributed by atoms with E-state index in [2.05, 4.69) is 6.92 Å². The highest BCUT2D eigenvalue weighted by atomic mass is 35.5. The predicted octanol–water partition coefficient (Wildman–Crippen LogP) is 7.02. The molecule has 0 aliphatic carbocycles. The van der Waals surface area contributed by atoms with Gasteiger partial charge in [0.05, 0.1) is 6.61 Å². The van der Waals surface area contributed by atoms with Crippen molar-refractivity contribution in [1.82, 2.24) is 0 Å². The van der Waals surface area contributed by atoms with Gasteiger partial charge in [-0.3, -0.25) is 0 Å². The SMILES string of the molecule is CCCCCCCCCCCC[S+](CCO)Cc1ccc(Cl)cc1Cl. The van der Waals surface area contributed by atoms with E-state index in [1.807, 2.05) is 18.2 Å². The second-order valence-corrected chi connectivity index (χ2v) is 9.98. The second-order valence-electron chi connectivity index (χ2n) is 6.81. The van der Waals surface area contributed by atoms with Crippen LogP contribution < -0.4 is 0 Å². The molecule has 1 nitrogen and oxygen atoms in total. The van der Waals surface area contributed by atoms with Gasteiger partial charge in [0.2, 0.25) is 0 Å². The third-order valence-corrected chi connectivity index (χ3v) is 7.47. The molecule has 144 valence electrons. The van der Waals surface area contributed by atoms with Crippen molar-refractivity contribution >= 4 is 34.1 Å². The van der Waals surface area contributed by atoms with Crippen LogP contribution in [0.2, 0.25) is 10.0 Å². The van der Waals surface area contributed by atoms with Gasteiger partial charge in [-0.25, -0.2) is 0 Å². The first-order chi connectivity index (χ1) is 12.2. The molecule has 1 aromatic rings. The Kier molecular flexibility index (Phi) is 14.1.